The zero-order valence-corrected chi connectivity index (χ0v) is 16.7. The number of amides is 2. The van der Waals surface area contributed by atoms with Crippen molar-refractivity contribution in [2.24, 2.45) is 0 Å². The van der Waals surface area contributed by atoms with Gasteiger partial charge in [0.05, 0.1) is 11.8 Å². The second-order valence-corrected chi connectivity index (χ2v) is 7.50. The lowest BCUT2D eigenvalue weighted by Gasteiger charge is -2.31. The first-order valence-electron chi connectivity index (χ1n) is 9.70. The average molecular weight is 384 g/mol. The van der Waals surface area contributed by atoms with Crippen molar-refractivity contribution in [3.8, 4) is 0 Å². The van der Waals surface area contributed by atoms with Crippen molar-refractivity contribution in [2.75, 3.05) is 25.0 Å². The Morgan fingerprint density at radius 2 is 2.21 bits per heavy atom. The zero-order valence-electron chi connectivity index (χ0n) is 16.7. The summed E-state index contributed by atoms with van der Waals surface area (Å²) in [5, 5.41) is 2.89. The molecule has 0 aromatic carbocycles. The van der Waals surface area contributed by atoms with Crippen molar-refractivity contribution in [2.45, 2.75) is 45.2 Å². The molecule has 28 heavy (non-hydrogen) atoms. The van der Waals surface area contributed by atoms with Gasteiger partial charge in [0.15, 0.2) is 5.65 Å². The maximum atomic E-state index is 12.5. The molecule has 2 N–H and O–H groups in total. The van der Waals surface area contributed by atoms with Gasteiger partial charge in [-0.3, -0.25) is 9.59 Å². The molecular weight excluding hydrogens is 356 g/mol. The highest BCUT2D eigenvalue weighted by molar-refractivity contribution is 6.04. The summed E-state index contributed by atoms with van der Waals surface area (Å²) in [7, 11) is 1.81. The molecule has 8 nitrogen and oxygen atoms in total. The van der Waals surface area contributed by atoms with E-state index in [4.69, 9.17) is 4.98 Å². The molecule has 1 aliphatic rings. The van der Waals surface area contributed by atoms with Gasteiger partial charge in [-0.1, -0.05) is 6.58 Å². The third kappa shape index (κ3) is 4.16. The van der Waals surface area contributed by atoms with E-state index in [1.54, 1.807) is 17.3 Å². The second kappa shape index (κ2) is 8.41. The molecule has 2 aromatic rings. The number of fused-ring (bicyclic) bond motifs is 1. The fourth-order valence-electron chi connectivity index (χ4n) is 3.52. The van der Waals surface area contributed by atoms with Gasteiger partial charge in [0.2, 0.25) is 5.91 Å². The molecule has 1 atom stereocenters. The van der Waals surface area contributed by atoms with Crippen LogP contribution in [0, 0.1) is 0 Å². The molecule has 1 aliphatic heterocycles. The molecule has 0 radical (unpaired) electrons. The first-order valence-corrected chi connectivity index (χ1v) is 9.70. The SMILES string of the molecule is C=CC(=O)N(C)[C@@H]1CCCCN(c2cnc3[nH]cc(C(=O)NC(C)C)c3n2)C1. The second-order valence-electron chi connectivity index (χ2n) is 7.50. The minimum absolute atomic E-state index is 0.0397. The van der Waals surface area contributed by atoms with Crippen LogP contribution in [0.4, 0.5) is 5.82 Å². The summed E-state index contributed by atoms with van der Waals surface area (Å²) < 4.78 is 0. The van der Waals surface area contributed by atoms with E-state index >= 15 is 0 Å². The summed E-state index contributed by atoms with van der Waals surface area (Å²) in [6.07, 6.45) is 7.71. The van der Waals surface area contributed by atoms with Crippen LogP contribution in [0.25, 0.3) is 11.2 Å². The fourth-order valence-corrected chi connectivity index (χ4v) is 3.52. The summed E-state index contributed by atoms with van der Waals surface area (Å²) in [5.41, 5.74) is 1.64. The molecule has 0 saturated carbocycles. The monoisotopic (exact) mass is 384 g/mol. The Morgan fingerprint density at radius 1 is 1.43 bits per heavy atom. The van der Waals surface area contributed by atoms with Crippen molar-refractivity contribution >= 4 is 28.8 Å². The normalized spacial score (nSPS) is 17.4. The van der Waals surface area contributed by atoms with E-state index in [1.165, 1.54) is 6.08 Å². The first kappa shape index (κ1) is 19.9. The molecule has 0 spiro atoms. The lowest BCUT2D eigenvalue weighted by Crippen LogP contribution is -2.43. The number of anilines is 1. The van der Waals surface area contributed by atoms with E-state index in [0.717, 1.165) is 31.6 Å². The van der Waals surface area contributed by atoms with Gasteiger partial charge in [-0.25, -0.2) is 9.97 Å². The minimum atomic E-state index is -0.169. The molecule has 1 saturated heterocycles. The highest BCUT2D eigenvalue weighted by Gasteiger charge is 2.25. The largest absolute Gasteiger partial charge is 0.353 e. The maximum Gasteiger partial charge on any atom is 0.255 e. The van der Waals surface area contributed by atoms with E-state index in [0.29, 0.717) is 23.3 Å². The van der Waals surface area contributed by atoms with Crippen LogP contribution in [-0.2, 0) is 4.79 Å². The van der Waals surface area contributed by atoms with Crippen LogP contribution in [0.5, 0.6) is 0 Å². The number of carbonyl (C=O) groups excluding carboxylic acids is 2. The molecule has 3 rings (SSSR count). The number of hydrogen-bond acceptors (Lipinski definition) is 5. The molecule has 8 heteroatoms. The van der Waals surface area contributed by atoms with Crippen LogP contribution in [0.1, 0.15) is 43.5 Å². The van der Waals surface area contributed by atoms with Crippen LogP contribution in [-0.4, -0.2) is 63.9 Å². The van der Waals surface area contributed by atoms with E-state index in [1.807, 2.05) is 20.9 Å². The quantitative estimate of drug-likeness (QED) is 0.770. The number of carbonyl (C=O) groups is 2. The van der Waals surface area contributed by atoms with E-state index in [-0.39, 0.29) is 23.9 Å². The lowest BCUT2D eigenvalue weighted by atomic mass is 10.1. The number of hydrogen-bond donors (Lipinski definition) is 2. The minimum Gasteiger partial charge on any atom is -0.353 e. The Balaban J connectivity index is 1.88. The molecule has 1 fully saturated rings. The van der Waals surface area contributed by atoms with Crippen molar-refractivity contribution in [3.05, 3.63) is 30.6 Å². The number of nitrogens with one attached hydrogen (secondary N) is 2. The third-order valence-corrected chi connectivity index (χ3v) is 5.07. The van der Waals surface area contributed by atoms with Crippen molar-refractivity contribution in [1.82, 2.24) is 25.2 Å². The third-order valence-electron chi connectivity index (χ3n) is 5.07. The first-order chi connectivity index (χ1) is 13.4. The maximum absolute atomic E-state index is 12.5. The van der Waals surface area contributed by atoms with E-state index < -0.39 is 0 Å². The Bertz CT molecular complexity index is 875. The van der Waals surface area contributed by atoms with Gasteiger partial charge in [0.1, 0.15) is 11.3 Å². The Hall–Kier alpha value is -2.90. The number of likely N-dealkylation sites (N-methyl/N-ethyl adjacent to an activating group) is 1. The Labute approximate surface area is 165 Å². The highest BCUT2D eigenvalue weighted by Crippen LogP contribution is 2.23. The van der Waals surface area contributed by atoms with Gasteiger partial charge >= 0.3 is 0 Å². The smallest absolute Gasteiger partial charge is 0.255 e. The van der Waals surface area contributed by atoms with Crippen LogP contribution in [0.3, 0.4) is 0 Å². The summed E-state index contributed by atoms with van der Waals surface area (Å²) >= 11 is 0. The highest BCUT2D eigenvalue weighted by atomic mass is 16.2. The van der Waals surface area contributed by atoms with Crippen LogP contribution < -0.4 is 10.2 Å². The molecule has 2 amide bonds. The lowest BCUT2D eigenvalue weighted by molar-refractivity contribution is -0.126. The number of aromatic amines is 1. The van der Waals surface area contributed by atoms with Crippen LogP contribution in [0.15, 0.2) is 25.0 Å². The zero-order chi connectivity index (χ0) is 20.3. The summed E-state index contributed by atoms with van der Waals surface area (Å²) in [6, 6.07) is 0.123. The molecule has 0 unspecified atom stereocenters. The molecule has 2 aromatic heterocycles. The Morgan fingerprint density at radius 3 is 2.93 bits per heavy atom. The van der Waals surface area contributed by atoms with Gasteiger partial charge in [-0.2, -0.15) is 0 Å². The predicted octanol–water partition coefficient (Wildman–Crippen LogP) is 2.10. The number of rotatable bonds is 5. The topological polar surface area (TPSA) is 94.2 Å². The van der Waals surface area contributed by atoms with E-state index in [2.05, 4.69) is 26.8 Å². The molecule has 0 bridgehead atoms. The van der Waals surface area contributed by atoms with Gasteiger partial charge in [0.25, 0.3) is 5.91 Å². The summed E-state index contributed by atoms with van der Waals surface area (Å²) in [5.74, 6) is 0.474. The number of nitrogens with zero attached hydrogens (tertiary/aromatic N) is 4. The van der Waals surface area contributed by atoms with Crippen molar-refractivity contribution in [3.63, 3.8) is 0 Å². The fraction of sp³-hybridized carbons (Fsp3) is 0.500. The van der Waals surface area contributed by atoms with E-state index in [9.17, 15) is 9.59 Å². The number of H-pyrrole nitrogens is 1. The van der Waals surface area contributed by atoms with Gasteiger partial charge in [0, 0.05) is 38.4 Å². The van der Waals surface area contributed by atoms with Crippen molar-refractivity contribution in [1.29, 1.82) is 0 Å². The molecular formula is C20H28N6O2. The standard InChI is InChI=1S/C20H28N6O2/c1-5-17(27)25(4)14-8-6-7-9-26(12-14)16-11-22-19-18(24-16)15(10-21-19)20(28)23-13(2)3/h5,10-11,13-14H,1,6-9,12H2,2-4H3,(H,21,22)(H,23,28)/t14-/m1/s1. The average Bonchev–Trinajstić information content (AvgIpc) is 2.94. The van der Waals surface area contributed by atoms with Crippen LogP contribution in [0.2, 0.25) is 0 Å². The van der Waals surface area contributed by atoms with Gasteiger partial charge in [-0.15, -0.1) is 0 Å². The molecule has 0 aliphatic carbocycles. The van der Waals surface area contributed by atoms with Crippen LogP contribution >= 0.6 is 0 Å². The van der Waals surface area contributed by atoms with Gasteiger partial charge in [-0.05, 0) is 39.2 Å². The van der Waals surface area contributed by atoms with Crippen molar-refractivity contribution < 1.29 is 9.59 Å². The number of aromatic nitrogens is 3. The predicted molar refractivity (Wildman–Crippen MR) is 109 cm³/mol. The molecule has 3 heterocycles. The Kier molecular flexibility index (Phi) is 5.96. The molecule has 150 valence electrons. The van der Waals surface area contributed by atoms with Gasteiger partial charge < -0.3 is 20.1 Å². The summed E-state index contributed by atoms with van der Waals surface area (Å²) in [6.45, 7) is 8.93. The summed E-state index contributed by atoms with van der Waals surface area (Å²) in [4.78, 5) is 40.6.